The fourth-order valence-corrected chi connectivity index (χ4v) is 2.63. The molecule has 0 saturated heterocycles. The van der Waals surface area contributed by atoms with Crippen molar-refractivity contribution in [2.75, 3.05) is 13.7 Å². The van der Waals surface area contributed by atoms with E-state index >= 15 is 0 Å². The highest BCUT2D eigenvalue weighted by Crippen LogP contribution is 2.24. The molecule has 0 spiro atoms. The molecule has 0 aliphatic heterocycles. The molecule has 1 N–H and O–H groups in total. The standard InChI is InChI=1S/C23H30O5/c1-23(2,3)18-8-12-20(13-9-18)28-22(25)15-16-27-19-10-5-17(6-11-19)7-14-21(24)26-4/h5-6,8-13,22,25H,7,14-16H2,1-4H3. The van der Waals surface area contributed by atoms with Crippen molar-refractivity contribution in [3.05, 3.63) is 59.7 Å². The molecule has 1 unspecified atom stereocenters. The Balaban J connectivity index is 1.73. The summed E-state index contributed by atoms with van der Waals surface area (Å²) in [5.41, 5.74) is 2.34. The zero-order chi connectivity index (χ0) is 20.6. The van der Waals surface area contributed by atoms with Crippen LogP contribution in [0.4, 0.5) is 0 Å². The van der Waals surface area contributed by atoms with Crippen LogP contribution >= 0.6 is 0 Å². The number of hydrogen-bond acceptors (Lipinski definition) is 5. The Labute approximate surface area is 167 Å². The Bertz CT molecular complexity index is 729. The summed E-state index contributed by atoms with van der Waals surface area (Å²) in [6.07, 6.45) is 0.412. The van der Waals surface area contributed by atoms with Crippen molar-refractivity contribution in [2.24, 2.45) is 0 Å². The van der Waals surface area contributed by atoms with Crippen LogP contribution in [-0.2, 0) is 21.4 Å². The number of aliphatic hydroxyl groups is 1. The summed E-state index contributed by atoms with van der Waals surface area (Å²) in [5, 5.41) is 10.1. The van der Waals surface area contributed by atoms with Crippen molar-refractivity contribution in [3.8, 4) is 11.5 Å². The average Bonchev–Trinajstić information content (AvgIpc) is 2.66. The lowest BCUT2D eigenvalue weighted by molar-refractivity contribution is -0.140. The Morgan fingerprint density at radius 1 is 1.00 bits per heavy atom. The fraction of sp³-hybridized carbons (Fsp3) is 0.435. The van der Waals surface area contributed by atoms with Crippen LogP contribution in [0.5, 0.6) is 11.5 Å². The fourth-order valence-electron chi connectivity index (χ4n) is 2.63. The number of ether oxygens (including phenoxy) is 3. The first-order chi connectivity index (χ1) is 13.3. The second-order valence-corrected chi connectivity index (χ2v) is 7.70. The van der Waals surface area contributed by atoms with Crippen molar-refractivity contribution in [3.63, 3.8) is 0 Å². The van der Waals surface area contributed by atoms with E-state index in [1.54, 1.807) is 0 Å². The molecule has 1 atom stereocenters. The van der Waals surface area contributed by atoms with Gasteiger partial charge in [-0.2, -0.15) is 0 Å². The maximum absolute atomic E-state index is 11.2. The lowest BCUT2D eigenvalue weighted by Gasteiger charge is -2.20. The third-order valence-corrected chi connectivity index (χ3v) is 4.39. The molecule has 5 heteroatoms. The van der Waals surface area contributed by atoms with Crippen LogP contribution in [0.3, 0.4) is 0 Å². The van der Waals surface area contributed by atoms with Crippen molar-refractivity contribution in [1.29, 1.82) is 0 Å². The predicted molar refractivity (Wildman–Crippen MR) is 109 cm³/mol. The van der Waals surface area contributed by atoms with Crippen LogP contribution in [0, 0.1) is 0 Å². The molecule has 0 bridgehead atoms. The molecule has 0 aliphatic rings. The number of aliphatic hydroxyl groups excluding tert-OH is 1. The number of carbonyl (C=O) groups is 1. The Kier molecular flexibility index (Phi) is 7.88. The van der Waals surface area contributed by atoms with E-state index in [-0.39, 0.29) is 11.4 Å². The minimum Gasteiger partial charge on any atom is -0.493 e. The van der Waals surface area contributed by atoms with Gasteiger partial charge < -0.3 is 19.3 Å². The van der Waals surface area contributed by atoms with Crippen LogP contribution < -0.4 is 9.47 Å². The van der Waals surface area contributed by atoms with E-state index in [0.29, 0.717) is 37.4 Å². The third kappa shape index (κ3) is 7.24. The van der Waals surface area contributed by atoms with Crippen LogP contribution in [0.15, 0.2) is 48.5 Å². The number of benzene rings is 2. The molecular weight excluding hydrogens is 356 g/mol. The smallest absolute Gasteiger partial charge is 0.305 e. The van der Waals surface area contributed by atoms with E-state index in [4.69, 9.17) is 9.47 Å². The lowest BCUT2D eigenvalue weighted by Crippen LogP contribution is -2.19. The topological polar surface area (TPSA) is 65.0 Å². The van der Waals surface area contributed by atoms with Crippen LogP contribution in [-0.4, -0.2) is 31.1 Å². The van der Waals surface area contributed by atoms with Crippen LogP contribution in [0.1, 0.15) is 44.7 Å². The SMILES string of the molecule is COC(=O)CCc1ccc(OCCC(O)Oc2ccc(C(C)(C)C)cc2)cc1. The quantitative estimate of drug-likeness (QED) is 0.515. The van der Waals surface area contributed by atoms with Gasteiger partial charge in [0.25, 0.3) is 0 Å². The summed E-state index contributed by atoms with van der Waals surface area (Å²) in [7, 11) is 1.39. The molecule has 0 saturated carbocycles. The molecular formula is C23H30O5. The van der Waals surface area contributed by atoms with Crippen molar-refractivity contribution >= 4 is 5.97 Å². The summed E-state index contributed by atoms with van der Waals surface area (Å²) in [6, 6.07) is 15.3. The molecule has 28 heavy (non-hydrogen) atoms. The molecule has 0 aliphatic carbocycles. The van der Waals surface area contributed by atoms with Gasteiger partial charge in [-0.05, 0) is 47.2 Å². The van der Waals surface area contributed by atoms with E-state index in [1.165, 1.54) is 12.7 Å². The number of esters is 1. The van der Waals surface area contributed by atoms with E-state index in [9.17, 15) is 9.90 Å². The van der Waals surface area contributed by atoms with Gasteiger partial charge in [0, 0.05) is 12.8 Å². The molecule has 0 fully saturated rings. The summed E-state index contributed by atoms with van der Waals surface area (Å²) in [5.74, 6) is 1.13. The minimum absolute atomic E-state index is 0.0832. The number of hydrogen-bond donors (Lipinski definition) is 1. The second kappa shape index (κ2) is 10.1. The molecule has 2 aromatic rings. The van der Waals surface area contributed by atoms with Gasteiger partial charge in [-0.15, -0.1) is 0 Å². The summed E-state index contributed by atoms with van der Waals surface area (Å²) in [4.78, 5) is 11.2. The van der Waals surface area contributed by atoms with Crippen LogP contribution in [0.2, 0.25) is 0 Å². The van der Waals surface area contributed by atoms with Gasteiger partial charge in [0.1, 0.15) is 11.5 Å². The van der Waals surface area contributed by atoms with Gasteiger partial charge in [-0.1, -0.05) is 45.0 Å². The van der Waals surface area contributed by atoms with Gasteiger partial charge in [-0.3, -0.25) is 4.79 Å². The largest absolute Gasteiger partial charge is 0.493 e. The first-order valence-corrected chi connectivity index (χ1v) is 9.52. The highest BCUT2D eigenvalue weighted by atomic mass is 16.6. The highest BCUT2D eigenvalue weighted by Gasteiger charge is 2.14. The Morgan fingerprint density at radius 3 is 2.18 bits per heavy atom. The zero-order valence-corrected chi connectivity index (χ0v) is 17.1. The van der Waals surface area contributed by atoms with Gasteiger partial charge in [0.15, 0.2) is 0 Å². The zero-order valence-electron chi connectivity index (χ0n) is 17.1. The molecule has 0 amide bonds. The van der Waals surface area contributed by atoms with Gasteiger partial charge >= 0.3 is 5.97 Å². The minimum atomic E-state index is -0.931. The molecule has 0 aromatic heterocycles. The van der Waals surface area contributed by atoms with E-state index in [2.05, 4.69) is 25.5 Å². The van der Waals surface area contributed by atoms with E-state index in [0.717, 1.165) is 5.56 Å². The maximum Gasteiger partial charge on any atom is 0.305 e. The predicted octanol–water partition coefficient (Wildman–Crippen LogP) is 4.26. The highest BCUT2D eigenvalue weighted by molar-refractivity contribution is 5.69. The van der Waals surface area contributed by atoms with Crippen LogP contribution in [0.25, 0.3) is 0 Å². The first-order valence-electron chi connectivity index (χ1n) is 9.52. The van der Waals surface area contributed by atoms with Gasteiger partial charge in [0.2, 0.25) is 6.29 Å². The summed E-state index contributed by atoms with van der Waals surface area (Å²) in [6.45, 7) is 6.80. The number of rotatable bonds is 9. The normalized spacial score (nSPS) is 12.3. The molecule has 5 nitrogen and oxygen atoms in total. The van der Waals surface area contributed by atoms with Gasteiger partial charge in [0.05, 0.1) is 13.7 Å². The first kappa shape index (κ1) is 21.8. The second-order valence-electron chi connectivity index (χ2n) is 7.70. The average molecular weight is 386 g/mol. The molecule has 2 rings (SSSR count). The maximum atomic E-state index is 11.2. The third-order valence-electron chi connectivity index (χ3n) is 4.39. The number of carbonyl (C=O) groups excluding carboxylic acids is 1. The van der Waals surface area contributed by atoms with Gasteiger partial charge in [-0.25, -0.2) is 0 Å². The Morgan fingerprint density at radius 2 is 1.61 bits per heavy atom. The molecule has 0 heterocycles. The van der Waals surface area contributed by atoms with E-state index < -0.39 is 6.29 Å². The molecule has 152 valence electrons. The number of methoxy groups -OCH3 is 1. The molecule has 0 radical (unpaired) electrons. The van der Waals surface area contributed by atoms with Crippen molar-refractivity contribution in [1.82, 2.24) is 0 Å². The lowest BCUT2D eigenvalue weighted by atomic mass is 9.87. The summed E-state index contributed by atoms with van der Waals surface area (Å²) < 4.78 is 15.8. The molecule has 2 aromatic carbocycles. The summed E-state index contributed by atoms with van der Waals surface area (Å²) >= 11 is 0. The Hall–Kier alpha value is -2.53. The van der Waals surface area contributed by atoms with Crippen molar-refractivity contribution < 1.29 is 24.1 Å². The monoisotopic (exact) mass is 386 g/mol. The van der Waals surface area contributed by atoms with Crippen molar-refractivity contribution in [2.45, 2.75) is 51.7 Å². The van der Waals surface area contributed by atoms with E-state index in [1.807, 2.05) is 48.5 Å². The number of aryl methyl sites for hydroxylation is 1.